The van der Waals surface area contributed by atoms with Crippen molar-refractivity contribution in [2.24, 2.45) is 5.92 Å². The summed E-state index contributed by atoms with van der Waals surface area (Å²) in [6.07, 6.45) is 6.23. The van der Waals surface area contributed by atoms with Crippen molar-refractivity contribution in [3.63, 3.8) is 0 Å². The molecule has 106 valence electrons. The molecule has 19 heavy (non-hydrogen) atoms. The second-order valence-corrected chi connectivity index (χ2v) is 5.88. The zero-order valence-corrected chi connectivity index (χ0v) is 12.4. The molecular weight excluding hydrogens is 236 g/mol. The topological polar surface area (TPSA) is 29.5 Å². The molecule has 1 aliphatic rings. The van der Waals surface area contributed by atoms with Gasteiger partial charge >= 0.3 is 0 Å². The van der Waals surface area contributed by atoms with E-state index in [1.807, 2.05) is 18.2 Å². The molecule has 0 amide bonds. The first-order chi connectivity index (χ1) is 9.10. The Morgan fingerprint density at radius 2 is 2.16 bits per heavy atom. The second-order valence-electron chi connectivity index (χ2n) is 5.88. The number of ether oxygens (including phenoxy) is 1. The molecule has 1 saturated carbocycles. The van der Waals surface area contributed by atoms with Gasteiger partial charge in [-0.1, -0.05) is 25.8 Å². The van der Waals surface area contributed by atoms with E-state index >= 15 is 0 Å². The third-order valence-corrected chi connectivity index (χ3v) is 4.29. The van der Waals surface area contributed by atoms with Crippen LogP contribution in [0.3, 0.4) is 0 Å². The lowest BCUT2D eigenvalue weighted by Gasteiger charge is -2.29. The zero-order chi connectivity index (χ0) is 13.8. The molecular formula is C17H26O2. The molecule has 0 heterocycles. The van der Waals surface area contributed by atoms with Gasteiger partial charge in [-0.3, -0.25) is 0 Å². The van der Waals surface area contributed by atoms with Crippen LogP contribution in [-0.2, 0) is 0 Å². The molecule has 0 bridgehead atoms. The number of hydrogen-bond donors (Lipinski definition) is 1. The van der Waals surface area contributed by atoms with Gasteiger partial charge in [-0.05, 0) is 62.3 Å². The van der Waals surface area contributed by atoms with Gasteiger partial charge in [-0.25, -0.2) is 0 Å². The van der Waals surface area contributed by atoms with Crippen molar-refractivity contribution in [1.29, 1.82) is 0 Å². The Hall–Kier alpha value is -1.02. The highest BCUT2D eigenvalue weighted by molar-refractivity contribution is 5.37. The van der Waals surface area contributed by atoms with Crippen LogP contribution in [0.5, 0.6) is 5.75 Å². The Bertz CT molecular complexity index is 412. The van der Waals surface area contributed by atoms with Gasteiger partial charge in [0, 0.05) is 0 Å². The van der Waals surface area contributed by atoms with E-state index in [1.165, 1.54) is 32.1 Å². The molecule has 0 aliphatic heterocycles. The van der Waals surface area contributed by atoms with Gasteiger partial charge in [0.25, 0.3) is 0 Å². The van der Waals surface area contributed by atoms with Crippen LogP contribution in [0.4, 0.5) is 0 Å². The predicted molar refractivity (Wildman–Crippen MR) is 78.5 cm³/mol. The summed E-state index contributed by atoms with van der Waals surface area (Å²) in [7, 11) is 0. The molecule has 1 aromatic carbocycles. The molecule has 1 N–H and O–H groups in total. The van der Waals surface area contributed by atoms with Crippen LogP contribution < -0.4 is 4.74 Å². The van der Waals surface area contributed by atoms with E-state index in [9.17, 15) is 5.11 Å². The maximum Gasteiger partial charge on any atom is 0.122 e. The minimum Gasteiger partial charge on any atom is -0.490 e. The molecule has 2 nitrogen and oxygen atoms in total. The molecule has 0 spiro atoms. The molecule has 3 atom stereocenters. The Morgan fingerprint density at radius 1 is 1.37 bits per heavy atom. The number of benzene rings is 1. The lowest BCUT2D eigenvalue weighted by molar-refractivity contribution is 0.121. The lowest BCUT2D eigenvalue weighted by Crippen LogP contribution is -2.25. The first-order valence-corrected chi connectivity index (χ1v) is 7.55. The van der Waals surface area contributed by atoms with Gasteiger partial charge < -0.3 is 9.84 Å². The molecule has 1 fully saturated rings. The highest BCUT2D eigenvalue weighted by Gasteiger charge is 2.22. The molecule has 0 radical (unpaired) electrons. The number of aryl methyl sites for hydroxylation is 1. The maximum atomic E-state index is 9.59. The highest BCUT2D eigenvalue weighted by Crippen LogP contribution is 2.31. The SMILES string of the molecule is CCC1CCCC(Oc2ccc([C@@H](C)O)cc2C)C1. The summed E-state index contributed by atoms with van der Waals surface area (Å²) in [6, 6.07) is 6.00. The van der Waals surface area contributed by atoms with Gasteiger partial charge in [0.05, 0.1) is 12.2 Å². The molecule has 2 rings (SSSR count). The molecule has 0 saturated heterocycles. The Balaban J connectivity index is 2.02. The number of aliphatic hydroxyl groups excluding tert-OH is 1. The van der Waals surface area contributed by atoms with Crippen molar-refractivity contribution in [3.05, 3.63) is 29.3 Å². The summed E-state index contributed by atoms with van der Waals surface area (Å²) >= 11 is 0. The molecule has 2 unspecified atom stereocenters. The molecule has 1 aliphatic carbocycles. The number of aliphatic hydroxyl groups is 1. The molecule has 1 aromatic rings. The summed E-state index contributed by atoms with van der Waals surface area (Å²) < 4.78 is 6.17. The minimum absolute atomic E-state index is 0.370. The maximum absolute atomic E-state index is 9.59. The third-order valence-electron chi connectivity index (χ3n) is 4.29. The highest BCUT2D eigenvalue weighted by atomic mass is 16.5. The fourth-order valence-corrected chi connectivity index (χ4v) is 2.96. The van der Waals surface area contributed by atoms with E-state index in [0.717, 1.165) is 22.8 Å². The Labute approximate surface area is 116 Å². The van der Waals surface area contributed by atoms with Gasteiger partial charge in [0.15, 0.2) is 0 Å². The first kappa shape index (κ1) is 14.4. The van der Waals surface area contributed by atoms with E-state index in [2.05, 4.69) is 13.8 Å². The van der Waals surface area contributed by atoms with Crippen molar-refractivity contribution in [2.75, 3.05) is 0 Å². The normalized spacial score (nSPS) is 25.1. The van der Waals surface area contributed by atoms with Crippen molar-refractivity contribution in [2.45, 2.75) is 65.1 Å². The molecule has 2 heteroatoms. The fourth-order valence-electron chi connectivity index (χ4n) is 2.96. The Morgan fingerprint density at radius 3 is 2.79 bits per heavy atom. The van der Waals surface area contributed by atoms with Crippen LogP contribution in [-0.4, -0.2) is 11.2 Å². The summed E-state index contributed by atoms with van der Waals surface area (Å²) in [6.45, 7) is 6.12. The summed E-state index contributed by atoms with van der Waals surface area (Å²) in [5.41, 5.74) is 2.08. The largest absolute Gasteiger partial charge is 0.490 e. The van der Waals surface area contributed by atoms with E-state index in [-0.39, 0.29) is 0 Å². The third kappa shape index (κ3) is 3.73. The summed E-state index contributed by atoms with van der Waals surface area (Å²) in [5, 5.41) is 9.59. The molecule has 0 aromatic heterocycles. The minimum atomic E-state index is -0.410. The van der Waals surface area contributed by atoms with Crippen molar-refractivity contribution >= 4 is 0 Å². The average Bonchev–Trinajstić information content (AvgIpc) is 2.41. The fraction of sp³-hybridized carbons (Fsp3) is 0.647. The number of rotatable bonds is 4. The van der Waals surface area contributed by atoms with Gasteiger partial charge in [-0.2, -0.15) is 0 Å². The van der Waals surface area contributed by atoms with E-state index in [4.69, 9.17) is 4.74 Å². The van der Waals surface area contributed by atoms with Crippen LogP contribution in [0, 0.1) is 12.8 Å². The standard InChI is InChI=1S/C17H26O2/c1-4-14-6-5-7-16(11-14)19-17-9-8-15(13(3)18)10-12(17)2/h8-10,13-14,16,18H,4-7,11H2,1-3H3/t13-,14?,16?/m1/s1. The summed E-state index contributed by atoms with van der Waals surface area (Å²) in [4.78, 5) is 0. The van der Waals surface area contributed by atoms with Crippen LogP contribution in [0.2, 0.25) is 0 Å². The van der Waals surface area contributed by atoms with Gasteiger partial charge in [0.2, 0.25) is 0 Å². The predicted octanol–water partition coefficient (Wildman–Crippen LogP) is 4.40. The van der Waals surface area contributed by atoms with Crippen molar-refractivity contribution in [1.82, 2.24) is 0 Å². The monoisotopic (exact) mass is 262 g/mol. The van der Waals surface area contributed by atoms with Crippen LogP contribution >= 0.6 is 0 Å². The average molecular weight is 262 g/mol. The van der Waals surface area contributed by atoms with E-state index in [0.29, 0.717) is 6.10 Å². The zero-order valence-electron chi connectivity index (χ0n) is 12.4. The number of hydrogen-bond acceptors (Lipinski definition) is 2. The van der Waals surface area contributed by atoms with E-state index < -0.39 is 6.10 Å². The van der Waals surface area contributed by atoms with Crippen molar-refractivity contribution in [3.8, 4) is 5.75 Å². The quantitative estimate of drug-likeness (QED) is 0.871. The van der Waals surface area contributed by atoms with E-state index in [1.54, 1.807) is 6.92 Å². The summed E-state index contributed by atoms with van der Waals surface area (Å²) in [5.74, 6) is 1.81. The Kier molecular flexibility index (Phi) is 4.87. The van der Waals surface area contributed by atoms with Crippen molar-refractivity contribution < 1.29 is 9.84 Å². The van der Waals surface area contributed by atoms with Gasteiger partial charge in [0.1, 0.15) is 5.75 Å². The van der Waals surface area contributed by atoms with Gasteiger partial charge in [-0.15, -0.1) is 0 Å². The van der Waals surface area contributed by atoms with Crippen LogP contribution in [0.15, 0.2) is 18.2 Å². The smallest absolute Gasteiger partial charge is 0.122 e. The van der Waals surface area contributed by atoms with Crippen LogP contribution in [0.1, 0.15) is 63.2 Å². The van der Waals surface area contributed by atoms with Crippen LogP contribution in [0.25, 0.3) is 0 Å². The lowest BCUT2D eigenvalue weighted by atomic mass is 9.85. The second kappa shape index (κ2) is 6.42. The first-order valence-electron chi connectivity index (χ1n) is 7.55.